The van der Waals surface area contributed by atoms with E-state index in [4.69, 9.17) is 4.52 Å². The van der Waals surface area contributed by atoms with Gasteiger partial charge in [-0.15, -0.1) is 0 Å². The van der Waals surface area contributed by atoms with Gasteiger partial charge in [0, 0.05) is 37.6 Å². The van der Waals surface area contributed by atoms with Crippen LogP contribution in [0.5, 0.6) is 0 Å². The smallest absolute Gasteiger partial charge is 0.225 e. The molecule has 27 heavy (non-hydrogen) atoms. The van der Waals surface area contributed by atoms with Gasteiger partial charge in [0.15, 0.2) is 0 Å². The number of carbonyl (C=O) groups excluding carboxylic acids is 1. The van der Waals surface area contributed by atoms with E-state index in [0.29, 0.717) is 5.69 Å². The molecule has 1 aromatic carbocycles. The lowest BCUT2D eigenvalue weighted by molar-refractivity contribution is -0.135. The Morgan fingerprint density at radius 1 is 1.26 bits per heavy atom. The van der Waals surface area contributed by atoms with E-state index in [2.05, 4.69) is 10.5 Å². The molecule has 0 bridgehead atoms. The fourth-order valence-electron chi connectivity index (χ4n) is 3.53. The van der Waals surface area contributed by atoms with Gasteiger partial charge in [-0.1, -0.05) is 23.7 Å². The highest BCUT2D eigenvalue weighted by molar-refractivity contribution is 5.78. The van der Waals surface area contributed by atoms with E-state index in [1.807, 2.05) is 24.1 Å². The summed E-state index contributed by atoms with van der Waals surface area (Å²) in [5, 5.41) is 7.33. The minimum atomic E-state index is -0.278. The van der Waals surface area contributed by atoms with Crippen molar-refractivity contribution in [3.63, 3.8) is 0 Å². The number of piperidine rings is 1. The van der Waals surface area contributed by atoms with E-state index in [1.54, 1.807) is 6.07 Å². The van der Waals surface area contributed by atoms with Crippen molar-refractivity contribution in [2.45, 2.75) is 38.5 Å². The van der Waals surface area contributed by atoms with Crippen molar-refractivity contribution >= 4 is 5.91 Å². The molecule has 5 nitrogen and oxygen atoms in total. The van der Waals surface area contributed by atoms with Crippen molar-refractivity contribution in [3.05, 3.63) is 41.9 Å². The summed E-state index contributed by atoms with van der Waals surface area (Å²) in [6.07, 6.45) is 5.68. The zero-order valence-electron chi connectivity index (χ0n) is 15.9. The predicted molar refractivity (Wildman–Crippen MR) is 103 cm³/mol. The Hall–Kier alpha value is -2.21. The molecule has 1 aromatic heterocycles. The lowest BCUT2D eigenvalue weighted by atomic mass is 9.96. The number of nitrogens with zero attached hydrogens (tertiary/aromatic N) is 2. The third-order valence-electron chi connectivity index (χ3n) is 5.16. The van der Waals surface area contributed by atoms with Crippen molar-refractivity contribution in [1.82, 2.24) is 15.4 Å². The number of amides is 1. The molecule has 0 aliphatic carbocycles. The van der Waals surface area contributed by atoms with Crippen LogP contribution >= 0.6 is 0 Å². The summed E-state index contributed by atoms with van der Waals surface area (Å²) in [5.74, 6) is 1.01. The molecular formula is C21H28FN3O2. The number of rotatable bonds is 8. The van der Waals surface area contributed by atoms with Crippen LogP contribution in [-0.2, 0) is 11.2 Å². The number of benzene rings is 1. The van der Waals surface area contributed by atoms with Crippen LogP contribution < -0.4 is 5.32 Å². The molecule has 2 aromatic rings. The normalized spacial score (nSPS) is 15.0. The van der Waals surface area contributed by atoms with Gasteiger partial charge in [0.2, 0.25) is 5.91 Å². The Morgan fingerprint density at radius 3 is 2.85 bits per heavy atom. The van der Waals surface area contributed by atoms with Gasteiger partial charge in [-0.25, -0.2) is 4.39 Å². The molecule has 1 saturated heterocycles. The molecule has 1 fully saturated rings. The molecule has 1 aliphatic rings. The average molecular weight is 373 g/mol. The zero-order valence-corrected chi connectivity index (χ0v) is 15.9. The van der Waals surface area contributed by atoms with Gasteiger partial charge in [-0.2, -0.15) is 0 Å². The van der Waals surface area contributed by atoms with Crippen LogP contribution in [0.1, 0.15) is 37.9 Å². The summed E-state index contributed by atoms with van der Waals surface area (Å²) in [7, 11) is 1.91. The van der Waals surface area contributed by atoms with Crippen LogP contribution in [0.15, 0.2) is 34.9 Å². The second-order valence-electron chi connectivity index (χ2n) is 7.28. The highest BCUT2D eigenvalue weighted by atomic mass is 19.1. The highest BCUT2D eigenvalue weighted by Crippen LogP contribution is 2.21. The molecule has 3 rings (SSSR count). The van der Waals surface area contributed by atoms with Crippen molar-refractivity contribution < 1.29 is 13.7 Å². The minimum absolute atomic E-state index is 0.187. The molecule has 0 unspecified atom stereocenters. The highest BCUT2D eigenvalue weighted by Gasteiger charge is 2.23. The topological polar surface area (TPSA) is 58.4 Å². The summed E-state index contributed by atoms with van der Waals surface area (Å²) in [6.45, 7) is 2.69. The fourth-order valence-corrected chi connectivity index (χ4v) is 3.53. The van der Waals surface area contributed by atoms with Crippen LogP contribution in [0.2, 0.25) is 0 Å². The summed E-state index contributed by atoms with van der Waals surface area (Å²) in [4.78, 5) is 14.3. The molecule has 1 amide bonds. The van der Waals surface area contributed by atoms with Gasteiger partial charge in [0.25, 0.3) is 0 Å². The Morgan fingerprint density at radius 2 is 2.07 bits per heavy atom. The number of hydrogen-bond donors (Lipinski definition) is 1. The number of unbranched alkanes of at least 4 members (excludes halogenated alkanes) is 2. The summed E-state index contributed by atoms with van der Waals surface area (Å²) >= 11 is 0. The summed E-state index contributed by atoms with van der Waals surface area (Å²) in [5.41, 5.74) is 1.39. The zero-order chi connectivity index (χ0) is 19.1. The molecule has 0 atom stereocenters. The number of hydrogen-bond acceptors (Lipinski definition) is 4. The third kappa shape index (κ3) is 5.63. The maximum Gasteiger partial charge on any atom is 0.225 e. The summed E-state index contributed by atoms with van der Waals surface area (Å²) in [6, 6.07) is 8.23. The molecule has 1 N–H and O–H groups in total. The van der Waals surface area contributed by atoms with E-state index in [0.717, 1.165) is 69.5 Å². The Labute approximate surface area is 159 Å². The number of carbonyl (C=O) groups is 1. The monoisotopic (exact) mass is 373 g/mol. The molecule has 0 saturated carbocycles. The van der Waals surface area contributed by atoms with Gasteiger partial charge >= 0.3 is 0 Å². The molecule has 2 heterocycles. The first-order valence-electron chi connectivity index (χ1n) is 9.81. The molecular weight excluding hydrogens is 345 g/mol. The Bertz CT molecular complexity index is 741. The molecule has 0 spiro atoms. The van der Waals surface area contributed by atoms with Crippen molar-refractivity contribution in [1.29, 1.82) is 0 Å². The summed E-state index contributed by atoms with van der Waals surface area (Å²) < 4.78 is 18.7. The quantitative estimate of drug-likeness (QED) is 0.718. The fraction of sp³-hybridized carbons (Fsp3) is 0.524. The van der Waals surface area contributed by atoms with Crippen LogP contribution in [0.3, 0.4) is 0 Å². The van der Waals surface area contributed by atoms with Crippen LogP contribution in [0.25, 0.3) is 11.3 Å². The number of aryl methyl sites for hydroxylation is 1. The van der Waals surface area contributed by atoms with E-state index in [9.17, 15) is 9.18 Å². The molecule has 146 valence electrons. The van der Waals surface area contributed by atoms with Gasteiger partial charge in [-0.3, -0.25) is 4.79 Å². The van der Waals surface area contributed by atoms with Crippen LogP contribution in [0.4, 0.5) is 4.39 Å². The molecule has 0 radical (unpaired) electrons. The average Bonchev–Trinajstić information content (AvgIpc) is 3.16. The second kappa shape index (κ2) is 9.65. The Kier molecular flexibility index (Phi) is 6.98. The first kappa shape index (κ1) is 19.5. The standard InChI is InChI=1S/C21H28FN3O2/c1-25(21(26)16-9-11-23-12-10-16)13-4-2-3-8-19-15-20(24-27-19)17-6-5-7-18(22)14-17/h5-7,14-16,23H,2-4,8-13H2,1H3. The van der Waals surface area contributed by atoms with Crippen LogP contribution in [-0.4, -0.2) is 42.6 Å². The van der Waals surface area contributed by atoms with E-state index in [-0.39, 0.29) is 17.6 Å². The van der Waals surface area contributed by atoms with Crippen molar-refractivity contribution in [2.24, 2.45) is 5.92 Å². The lowest BCUT2D eigenvalue weighted by Gasteiger charge is -2.26. The number of nitrogens with one attached hydrogen (secondary N) is 1. The Balaban J connectivity index is 1.36. The molecule has 1 aliphatic heterocycles. The first-order valence-corrected chi connectivity index (χ1v) is 9.81. The number of halogens is 1. The molecule has 6 heteroatoms. The van der Waals surface area contributed by atoms with Gasteiger partial charge < -0.3 is 14.7 Å². The largest absolute Gasteiger partial charge is 0.361 e. The minimum Gasteiger partial charge on any atom is -0.361 e. The third-order valence-corrected chi connectivity index (χ3v) is 5.16. The maximum absolute atomic E-state index is 13.3. The number of aromatic nitrogens is 1. The van der Waals surface area contributed by atoms with E-state index >= 15 is 0 Å². The predicted octanol–water partition coefficient (Wildman–Crippen LogP) is 3.65. The maximum atomic E-state index is 13.3. The van der Waals surface area contributed by atoms with Gasteiger partial charge in [0.05, 0.1) is 0 Å². The lowest BCUT2D eigenvalue weighted by Crippen LogP contribution is -2.39. The second-order valence-corrected chi connectivity index (χ2v) is 7.28. The van der Waals surface area contributed by atoms with E-state index in [1.165, 1.54) is 12.1 Å². The van der Waals surface area contributed by atoms with Crippen molar-refractivity contribution in [3.8, 4) is 11.3 Å². The van der Waals surface area contributed by atoms with Gasteiger partial charge in [0.1, 0.15) is 17.3 Å². The van der Waals surface area contributed by atoms with E-state index < -0.39 is 0 Å². The SMILES string of the molecule is CN(CCCCCc1cc(-c2cccc(F)c2)no1)C(=O)C1CCNCC1. The van der Waals surface area contributed by atoms with Crippen LogP contribution in [0, 0.1) is 11.7 Å². The van der Waals surface area contributed by atoms with Crippen molar-refractivity contribution in [2.75, 3.05) is 26.7 Å². The van der Waals surface area contributed by atoms with Gasteiger partial charge in [-0.05, 0) is 50.9 Å². The first-order chi connectivity index (χ1) is 13.1.